The van der Waals surface area contributed by atoms with E-state index in [9.17, 15) is 19.8 Å². The molecule has 0 bridgehead atoms. The summed E-state index contributed by atoms with van der Waals surface area (Å²) in [6.45, 7) is 8.82. The molecule has 6 unspecified atom stereocenters. The molecule has 2 aliphatic carbocycles. The highest BCUT2D eigenvalue weighted by Gasteiger charge is 2.57. The number of fused-ring (bicyclic) bond motifs is 1. The Bertz CT molecular complexity index is 580. The second-order valence-electron chi connectivity index (χ2n) is 7.07. The van der Waals surface area contributed by atoms with Gasteiger partial charge in [0.25, 0.3) is 0 Å². The highest BCUT2D eigenvalue weighted by Crippen LogP contribution is 2.54. The lowest BCUT2D eigenvalue weighted by molar-refractivity contribution is -0.176. The van der Waals surface area contributed by atoms with Crippen molar-refractivity contribution in [3.8, 4) is 0 Å². The molecule has 24 heavy (non-hydrogen) atoms. The summed E-state index contributed by atoms with van der Waals surface area (Å²) in [6.07, 6.45) is 0.315. The molecule has 2 aliphatic rings. The topological polar surface area (TPSA) is 93.1 Å². The van der Waals surface area contributed by atoms with Gasteiger partial charge in [0.15, 0.2) is 0 Å². The summed E-state index contributed by atoms with van der Waals surface area (Å²) in [6, 6.07) is 0. The Hall–Kier alpha value is -1.66. The molecule has 0 amide bonds. The van der Waals surface area contributed by atoms with Gasteiger partial charge in [-0.15, -0.1) is 0 Å². The number of rotatable bonds is 3. The van der Waals surface area contributed by atoms with E-state index in [2.05, 4.69) is 6.58 Å². The van der Waals surface area contributed by atoms with E-state index in [4.69, 9.17) is 9.47 Å². The lowest BCUT2D eigenvalue weighted by Crippen LogP contribution is -2.59. The van der Waals surface area contributed by atoms with Crippen molar-refractivity contribution in [2.45, 2.75) is 51.9 Å². The lowest BCUT2D eigenvalue weighted by atomic mass is 9.54. The molecular formula is C18H26O6. The molecule has 0 saturated heterocycles. The number of esters is 2. The van der Waals surface area contributed by atoms with Gasteiger partial charge < -0.3 is 19.7 Å². The zero-order valence-corrected chi connectivity index (χ0v) is 14.6. The molecule has 0 spiro atoms. The number of ether oxygens (including phenoxy) is 2. The first kappa shape index (κ1) is 18.7. The van der Waals surface area contributed by atoms with Gasteiger partial charge in [-0.05, 0) is 19.8 Å². The third-order valence-corrected chi connectivity index (χ3v) is 5.54. The van der Waals surface area contributed by atoms with Crippen molar-refractivity contribution in [2.24, 2.45) is 17.3 Å². The summed E-state index contributed by atoms with van der Waals surface area (Å²) in [5.41, 5.74) is 0.385. The number of carbonyl (C=O) groups is 2. The van der Waals surface area contributed by atoms with Gasteiger partial charge in [-0.1, -0.05) is 25.2 Å². The van der Waals surface area contributed by atoms with E-state index in [1.165, 1.54) is 14.0 Å². The van der Waals surface area contributed by atoms with Crippen LogP contribution in [-0.4, -0.2) is 47.6 Å². The molecule has 0 aromatic carbocycles. The maximum absolute atomic E-state index is 11.9. The Kier molecular flexibility index (Phi) is 5.20. The number of hydrogen-bond donors (Lipinski definition) is 2. The molecule has 6 nitrogen and oxygen atoms in total. The van der Waals surface area contributed by atoms with Crippen LogP contribution in [0, 0.1) is 17.3 Å². The summed E-state index contributed by atoms with van der Waals surface area (Å²) in [5.74, 6) is -2.26. The molecule has 2 N–H and O–H groups in total. The third kappa shape index (κ3) is 3.00. The molecule has 0 aromatic heterocycles. The van der Waals surface area contributed by atoms with Crippen molar-refractivity contribution in [3.63, 3.8) is 0 Å². The van der Waals surface area contributed by atoms with Crippen LogP contribution in [0.25, 0.3) is 0 Å². The lowest BCUT2D eigenvalue weighted by Gasteiger charge is -2.54. The molecular weight excluding hydrogens is 312 g/mol. The second-order valence-corrected chi connectivity index (χ2v) is 7.07. The van der Waals surface area contributed by atoms with Gasteiger partial charge >= 0.3 is 11.9 Å². The molecule has 1 fully saturated rings. The van der Waals surface area contributed by atoms with Crippen LogP contribution < -0.4 is 0 Å². The minimum Gasteiger partial charge on any atom is -0.466 e. The first-order valence-electron chi connectivity index (χ1n) is 8.10. The van der Waals surface area contributed by atoms with Crippen molar-refractivity contribution in [1.82, 2.24) is 0 Å². The van der Waals surface area contributed by atoms with Gasteiger partial charge in [-0.25, -0.2) is 4.79 Å². The van der Waals surface area contributed by atoms with E-state index in [0.29, 0.717) is 12.8 Å². The maximum atomic E-state index is 11.9. The fraction of sp³-hybridized carbons (Fsp3) is 0.667. The van der Waals surface area contributed by atoms with Gasteiger partial charge in [0.2, 0.25) is 0 Å². The van der Waals surface area contributed by atoms with Crippen LogP contribution in [0.3, 0.4) is 0 Å². The van der Waals surface area contributed by atoms with Crippen LogP contribution in [0.5, 0.6) is 0 Å². The largest absolute Gasteiger partial charge is 0.466 e. The quantitative estimate of drug-likeness (QED) is 0.458. The van der Waals surface area contributed by atoms with Gasteiger partial charge in [0.1, 0.15) is 6.10 Å². The Balaban J connectivity index is 2.47. The predicted octanol–water partition coefficient (Wildman–Crippen LogP) is 1.36. The van der Waals surface area contributed by atoms with E-state index in [1.54, 1.807) is 0 Å². The molecule has 1 saturated carbocycles. The SMILES string of the molecule is C=C(C(=O)OC)C1C(OC(C)=O)CC2(C)C(O)CC=C(C)C2C1O. The van der Waals surface area contributed by atoms with Crippen molar-refractivity contribution in [1.29, 1.82) is 0 Å². The molecule has 0 heterocycles. The van der Waals surface area contributed by atoms with Crippen LogP contribution in [0.4, 0.5) is 0 Å². The Morgan fingerprint density at radius 2 is 2.00 bits per heavy atom. The summed E-state index contributed by atoms with van der Waals surface area (Å²) < 4.78 is 10.1. The smallest absolute Gasteiger partial charge is 0.333 e. The van der Waals surface area contributed by atoms with Crippen LogP contribution in [0.15, 0.2) is 23.8 Å². The van der Waals surface area contributed by atoms with Crippen LogP contribution in [0.2, 0.25) is 0 Å². The highest BCUT2D eigenvalue weighted by molar-refractivity contribution is 5.88. The Labute approximate surface area is 142 Å². The van der Waals surface area contributed by atoms with Crippen LogP contribution in [0.1, 0.15) is 33.6 Å². The van der Waals surface area contributed by atoms with Crippen LogP contribution in [-0.2, 0) is 19.1 Å². The zero-order chi connectivity index (χ0) is 18.2. The van der Waals surface area contributed by atoms with E-state index in [0.717, 1.165) is 5.57 Å². The number of methoxy groups -OCH3 is 1. The molecule has 2 rings (SSSR count). The summed E-state index contributed by atoms with van der Waals surface area (Å²) in [4.78, 5) is 23.4. The molecule has 134 valence electrons. The Morgan fingerprint density at radius 1 is 1.38 bits per heavy atom. The monoisotopic (exact) mass is 338 g/mol. The second kappa shape index (κ2) is 6.69. The number of carbonyl (C=O) groups excluding carboxylic acids is 2. The summed E-state index contributed by atoms with van der Waals surface area (Å²) in [7, 11) is 1.24. The third-order valence-electron chi connectivity index (χ3n) is 5.54. The van der Waals surface area contributed by atoms with Crippen molar-refractivity contribution < 1.29 is 29.3 Å². The minimum absolute atomic E-state index is 0.0752. The zero-order valence-electron chi connectivity index (χ0n) is 14.6. The first-order valence-corrected chi connectivity index (χ1v) is 8.10. The van der Waals surface area contributed by atoms with E-state index < -0.39 is 41.6 Å². The summed E-state index contributed by atoms with van der Waals surface area (Å²) >= 11 is 0. The summed E-state index contributed by atoms with van der Waals surface area (Å²) in [5, 5.41) is 21.5. The van der Waals surface area contributed by atoms with Gasteiger partial charge in [0.05, 0.1) is 25.2 Å². The first-order chi connectivity index (χ1) is 11.1. The Morgan fingerprint density at radius 3 is 2.54 bits per heavy atom. The maximum Gasteiger partial charge on any atom is 0.333 e. The average Bonchev–Trinajstić information content (AvgIpc) is 2.49. The molecule has 0 aliphatic heterocycles. The van der Waals surface area contributed by atoms with Gasteiger partial charge in [0, 0.05) is 23.8 Å². The molecule has 0 aromatic rings. The number of hydrogen-bond acceptors (Lipinski definition) is 6. The van der Waals surface area contributed by atoms with Crippen LogP contribution >= 0.6 is 0 Å². The van der Waals surface area contributed by atoms with E-state index >= 15 is 0 Å². The van der Waals surface area contributed by atoms with E-state index in [1.807, 2.05) is 19.9 Å². The average molecular weight is 338 g/mol. The van der Waals surface area contributed by atoms with E-state index in [-0.39, 0.29) is 11.5 Å². The van der Waals surface area contributed by atoms with Crippen molar-refractivity contribution in [2.75, 3.05) is 7.11 Å². The number of aliphatic hydroxyl groups is 2. The van der Waals surface area contributed by atoms with Gasteiger partial charge in [-0.3, -0.25) is 4.79 Å². The van der Waals surface area contributed by atoms with Crippen molar-refractivity contribution in [3.05, 3.63) is 23.8 Å². The molecule has 6 heteroatoms. The molecule has 6 atom stereocenters. The highest BCUT2D eigenvalue weighted by atomic mass is 16.5. The fourth-order valence-corrected chi connectivity index (χ4v) is 4.36. The minimum atomic E-state index is -1.01. The normalized spacial score (nSPS) is 38.6. The predicted molar refractivity (Wildman–Crippen MR) is 86.8 cm³/mol. The van der Waals surface area contributed by atoms with Gasteiger partial charge in [-0.2, -0.15) is 0 Å². The number of aliphatic hydroxyl groups excluding tert-OH is 2. The fourth-order valence-electron chi connectivity index (χ4n) is 4.36. The van der Waals surface area contributed by atoms with Crippen molar-refractivity contribution >= 4 is 11.9 Å². The standard InChI is InChI=1S/C18H26O6/c1-9-6-7-13(20)18(4)8-12(24-11(3)19)14(16(21)15(9)18)10(2)17(22)23-5/h6,12-16,20-21H,2,7-8H2,1,3-5H3. The molecule has 0 radical (unpaired) electrons.